The predicted octanol–water partition coefficient (Wildman–Crippen LogP) is 0.190. The van der Waals surface area contributed by atoms with Crippen LogP contribution in [0.4, 0.5) is 0 Å². The maximum absolute atomic E-state index is 11.8. The normalized spacial score (nSPS) is 11.0. The van der Waals surface area contributed by atoms with Crippen LogP contribution in [-0.2, 0) is 9.59 Å². The summed E-state index contributed by atoms with van der Waals surface area (Å²) in [6.07, 6.45) is 6.59. The van der Waals surface area contributed by atoms with Crippen LogP contribution in [0.5, 0.6) is 0 Å². The van der Waals surface area contributed by atoms with Crippen LogP contribution in [0.3, 0.4) is 0 Å². The van der Waals surface area contributed by atoms with Crippen molar-refractivity contribution in [2.75, 3.05) is 6.54 Å². The first kappa shape index (κ1) is 17.2. The van der Waals surface area contributed by atoms with Crippen molar-refractivity contribution in [3.63, 3.8) is 0 Å². The van der Waals surface area contributed by atoms with E-state index in [1.165, 1.54) is 0 Å². The number of nitrogens with one attached hydrogen (secondary N) is 2. The van der Waals surface area contributed by atoms with E-state index >= 15 is 0 Å². The minimum Gasteiger partial charge on any atom is -0.368 e. The van der Waals surface area contributed by atoms with Crippen molar-refractivity contribution in [3.8, 4) is 12.3 Å². The lowest BCUT2D eigenvalue weighted by molar-refractivity contribution is -0.126. The van der Waals surface area contributed by atoms with Gasteiger partial charge in [0.05, 0.1) is 6.54 Å². The Morgan fingerprint density at radius 2 is 1.91 bits per heavy atom. The molecule has 0 aromatic heterocycles. The minimum absolute atomic E-state index is 0.230. The first-order valence-corrected chi connectivity index (χ1v) is 6.90. The standard InChI is InChI=1S/C16H19N3O3/c1-2-3-5-10-13(15(17)21)19-14(20)11-18-16(22)12-8-6-4-7-9-12/h1,4,6-9,13H,3,5,10-11H2,(H2,17,21)(H,18,22)(H,19,20)/t13-/m0/s1. The van der Waals surface area contributed by atoms with Crippen LogP contribution in [0.15, 0.2) is 30.3 Å². The van der Waals surface area contributed by atoms with Gasteiger partial charge in [-0.25, -0.2) is 0 Å². The van der Waals surface area contributed by atoms with Gasteiger partial charge in [0.15, 0.2) is 0 Å². The lowest BCUT2D eigenvalue weighted by Crippen LogP contribution is -2.47. The molecule has 116 valence electrons. The highest BCUT2D eigenvalue weighted by molar-refractivity contribution is 5.97. The molecule has 0 fully saturated rings. The fourth-order valence-corrected chi connectivity index (χ4v) is 1.79. The minimum atomic E-state index is -0.783. The summed E-state index contributed by atoms with van der Waals surface area (Å²) in [5.74, 6) is 0.986. The molecular weight excluding hydrogens is 282 g/mol. The molecule has 0 heterocycles. The van der Waals surface area contributed by atoms with E-state index in [1.54, 1.807) is 30.3 Å². The van der Waals surface area contributed by atoms with Crippen molar-refractivity contribution in [1.82, 2.24) is 10.6 Å². The molecule has 1 aromatic carbocycles. The van der Waals surface area contributed by atoms with Gasteiger partial charge in [0, 0.05) is 12.0 Å². The number of nitrogens with two attached hydrogens (primary N) is 1. The monoisotopic (exact) mass is 301 g/mol. The Morgan fingerprint density at radius 1 is 1.23 bits per heavy atom. The average molecular weight is 301 g/mol. The number of carbonyl (C=O) groups is 3. The van der Waals surface area contributed by atoms with Crippen LogP contribution in [0.2, 0.25) is 0 Å². The van der Waals surface area contributed by atoms with E-state index in [-0.39, 0.29) is 12.5 Å². The van der Waals surface area contributed by atoms with Gasteiger partial charge in [-0.1, -0.05) is 18.2 Å². The summed E-state index contributed by atoms with van der Waals surface area (Å²) in [4.78, 5) is 34.8. The van der Waals surface area contributed by atoms with Crippen molar-refractivity contribution in [2.24, 2.45) is 5.73 Å². The number of hydrogen-bond donors (Lipinski definition) is 3. The predicted molar refractivity (Wildman–Crippen MR) is 82.6 cm³/mol. The number of hydrogen-bond acceptors (Lipinski definition) is 3. The molecule has 0 aliphatic heterocycles. The van der Waals surface area contributed by atoms with E-state index in [9.17, 15) is 14.4 Å². The second kappa shape index (κ2) is 9.19. The molecule has 0 bridgehead atoms. The number of benzene rings is 1. The summed E-state index contributed by atoms with van der Waals surface area (Å²) >= 11 is 0. The second-order valence-electron chi connectivity index (χ2n) is 4.67. The summed E-state index contributed by atoms with van der Waals surface area (Å²) in [7, 11) is 0. The van der Waals surface area contributed by atoms with Crippen molar-refractivity contribution in [3.05, 3.63) is 35.9 Å². The zero-order valence-corrected chi connectivity index (χ0v) is 12.2. The first-order valence-electron chi connectivity index (χ1n) is 6.90. The summed E-state index contributed by atoms with van der Waals surface area (Å²) in [5.41, 5.74) is 5.68. The van der Waals surface area contributed by atoms with E-state index in [1.807, 2.05) is 0 Å². The Bertz CT molecular complexity index is 564. The average Bonchev–Trinajstić information content (AvgIpc) is 2.52. The zero-order valence-electron chi connectivity index (χ0n) is 12.2. The summed E-state index contributed by atoms with van der Waals surface area (Å²) in [6, 6.07) is 7.73. The van der Waals surface area contributed by atoms with Gasteiger partial charge in [0.1, 0.15) is 6.04 Å². The Hall–Kier alpha value is -2.81. The second-order valence-corrected chi connectivity index (χ2v) is 4.67. The van der Waals surface area contributed by atoms with Crippen molar-refractivity contribution < 1.29 is 14.4 Å². The zero-order chi connectivity index (χ0) is 16.4. The third-order valence-electron chi connectivity index (χ3n) is 2.94. The van der Waals surface area contributed by atoms with E-state index in [4.69, 9.17) is 12.2 Å². The lowest BCUT2D eigenvalue weighted by atomic mass is 10.1. The Labute approximate surface area is 129 Å². The highest BCUT2D eigenvalue weighted by atomic mass is 16.2. The molecule has 0 unspecified atom stereocenters. The largest absolute Gasteiger partial charge is 0.368 e. The van der Waals surface area contributed by atoms with Crippen molar-refractivity contribution in [2.45, 2.75) is 25.3 Å². The number of carbonyl (C=O) groups excluding carboxylic acids is 3. The van der Waals surface area contributed by atoms with Crippen LogP contribution in [0.25, 0.3) is 0 Å². The van der Waals surface area contributed by atoms with Crippen LogP contribution >= 0.6 is 0 Å². The fraction of sp³-hybridized carbons (Fsp3) is 0.312. The summed E-state index contributed by atoms with van der Waals surface area (Å²) < 4.78 is 0. The Kier molecular flexibility index (Phi) is 7.20. The summed E-state index contributed by atoms with van der Waals surface area (Å²) in [5, 5.41) is 4.96. The molecule has 0 spiro atoms. The quantitative estimate of drug-likeness (QED) is 0.472. The van der Waals surface area contributed by atoms with Crippen molar-refractivity contribution in [1.29, 1.82) is 0 Å². The third kappa shape index (κ3) is 6.09. The van der Waals surface area contributed by atoms with Gasteiger partial charge in [0.2, 0.25) is 11.8 Å². The molecule has 1 rings (SSSR count). The maximum atomic E-state index is 11.8. The van der Waals surface area contributed by atoms with Gasteiger partial charge in [-0.15, -0.1) is 12.3 Å². The fourth-order valence-electron chi connectivity index (χ4n) is 1.79. The SMILES string of the molecule is C#CCCC[C@H](NC(=O)CNC(=O)c1ccccc1)C(N)=O. The van der Waals surface area contributed by atoms with E-state index in [0.29, 0.717) is 24.8 Å². The number of unbranched alkanes of at least 4 members (excludes halogenated alkanes) is 1. The highest BCUT2D eigenvalue weighted by Gasteiger charge is 2.17. The van der Waals surface area contributed by atoms with Crippen LogP contribution in [0, 0.1) is 12.3 Å². The van der Waals surface area contributed by atoms with Crippen LogP contribution in [0.1, 0.15) is 29.6 Å². The molecule has 0 aliphatic carbocycles. The van der Waals surface area contributed by atoms with Gasteiger partial charge in [-0.3, -0.25) is 14.4 Å². The van der Waals surface area contributed by atoms with Crippen molar-refractivity contribution >= 4 is 17.7 Å². The molecule has 0 saturated heterocycles. The summed E-state index contributed by atoms with van der Waals surface area (Å²) in [6.45, 7) is -0.230. The topological polar surface area (TPSA) is 101 Å². The van der Waals surface area contributed by atoms with Gasteiger partial charge in [-0.2, -0.15) is 0 Å². The van der Waals surface area contributed by atoms with E-state index in [2.05, 4.69) is 16.6 Å². The number of rotatable bonds is 8. The van der Waals surface area contributed by atoms with Gasteiger partial charge in [0.25, 0.3) is 5.91 Å². The Balaban J connectivity index is 2.42. The molecule has 6 heteroatoms. The molecular formula is C16H19N3O3. The Morgan fingerprint density at radius 3 is 2.50 bits per heavy atom. The molecule has 0 saturated carbocycles. The molecule has 1 aromatic rings. The van der Waals surface area contributed by atoms with Gasteiger partial charge < -0.3 is 16.4 Å². The van der Waals surface area contributed by atoms with Crippen LogP contribution in [-0.4, -0.2) is 30.3 Å². The maximum Gasteiger partial charge on any atom is 0.251 e. The highest BCUT2D eigenvalue weighted by Crippen LogP contribution is 2.00. The number of amides is 3. The molecule has 0 radical (unpaired) electrons. The smallest absolute Gasteiger partial charge is 0.251 e. The van der Waals surface area contributed by atoms with Gasteiger partial charge in [-0.05, 0) is 25.0 Å². The van der Waals surface area contributed by atoms with E-state index in [0.717, 1.165) is 0 Å². The molecule has 4 N–H and O–H groups in total. The van der Waals surface area contributed by atoms with E-state index < -0.39 is 17.9 Å². The molecule has 1 atom stereocenters. The number of terminal acetylenes is 1. The molecule has 6 nitrogen and oxygen atoms in total. The number of primary amides is 1. The first-order chi connectivity index (χ1) is 10.5. The molecule has 3 amide bonds. The van der Waals surface area contributed by atoms with Gasteiger partial charge >= 0.3 is 0 Å². The van der Waals surface area contributed by atoms with Crippen LogP contribution < -0.4 is 16.4 Å². The third-order valence-corrected chi connectivity index (χ3v) is 2.94. The lowest BCUT2D eigenvalue weighted by Gasteiger charge is -2.15. The molecule has 0 aliphatic rings. The molecule has 22 heavy (non-hydrogen) atoms.